The van der Waals surface area contributed by atoms with Crippen LogP contribution in [0.15, 0.2) is 54.7 Å². The van der Waals surface area contributed by atoms with E-state index < -0.39 is 0 Å². The number of aromatic nitrogens is 3. The molecule has 38 heavy (non-hydrogen) atoms. The molecule has 2 aliphatic rings. The molecule has 1 amide bonds. The molecule has 6 rings (SSSR count). The number of H-pyrrole nitrogens is 1. The van der Waals surface area contributed by atoms with Gasteiger partial charge in [0.1, 0.15) is 0 Å². The van der Waals surface area contributed by atoms with E-state index in [9.17, 15) is 4.79 Å². The molecular formula is C30H33N5O3. The Labute approximate surface area is 222 Å². The van der Waals surface area contributed by atoms with Gasteiger partial charge < -0.3 is 24.3 Å². The van der Waals surface area contributed by atoms with Crippen molar-refractivity contribution in [3.05, 3.63) is 71.4 Å². The second-order valence-electron chi connectivity index (χ2n) is 10.4. The van der Waals surface area contributed by atoms with E-state index in [0.29, 0.717) is 37.8 Å². The smallest absolute Gasteiger partial charge is 0.254 e. The molecule has 0 saturated carbocycles. The van der Waals surface area contributed by atoms with E-state index in [2.05, 4.69) is 58.4 Å². The Morgan fingerprint density at radius 3 is 2.53 bits per heavy atom. The van der Waals surface area contributed by atoms with Crippen LogP contribution in [0, 0.1) is 0 Å². The van der Waals surface area contributed by atoms with Crippen molar-refractivity contribution < 1.29 is 14.3 Å². The van der Waals surface area contributed by atoms with Crippen molar-refractivity contribution in [2.45, 2.75) is 18.9 Å². The standard InChI is InChI=1S/C30H33N5O3/c1-34(2)18-24-15-22(7-8-25(24)23-9-12-38-19-23)28-16-26-27(17-31-29(26)33-32-28)20-3-5-21(6-4-20)30(36)35-10-13-37-14-11-35/h3-8,15-17,23H,9-14,18-19H2,1-2H3,(H,31,33). The van der Waals surface area contributed by atoms with Crippen LogP contribution in [0.25, 0.3) is 33.4 Å². The number of carbonyl (C=O) groups excluding carboxylic acids is 1. The number of fused-ring (bicyclic) bond motifs is 1. The van der Waals surface area contributed by atoms with Crippen LogP contribution in [0.3, 0.4) is 0 Å². The van der Waals surface area contributed by atoms with Crippen LogP contribution in [0.5, 0.6) is 0 Å². The number of ether oxygens (including phenoxy) is 2. The van der Waals surface area contributed by atoms with Gasteiger partial charge in [0.15, 0.2) is 5.65 Å². The summed E-state index contributed by atoms with van der Waals surface area (Å²) in [4.78, 5) is 20.2. The Hall–Kier alpha value is -3.59. The summed E-state index contributed by atoms with van der Waals surface area (Å²) < 4.78 is 11.0. The summed E-state index contributed by atoms with van der Waals surface area (Å²) in [5.74, 6) is 0.495. The number of amides is 1. The van der Waals surface area contributed by atoms with Gasteiger partial charge in [0.25, 0.3) is 5.91 Å². The summed E-state index contributed by atoms with van der Waals surface area (Å²) in [6.07, 6.45) is 3.03. The highest BCUT2D eigenvalue weighted by molar-refractivity contribution is 5.97. The first-order chi connectivity index (χ1) is 18.6. The molecule has 1 unspecified atom stereocenters. The number of nitrogens with one attached hydrogen (secondary N) is 1. The van der Waals surface area contributed by atoms with Crippen molar-refractivity contribution in [2.24, 2.45) is 0 Å². The number of carbonyl (C=O) groups is 1. The van der Waals surface area contributed by atoms with Crippen molar-refractivity contribution in [1.82, 2.24) is 25.0 Å². The van der Waals surface area contributed by atoms with Gasteiger partial charge in [-0.1, -0.05) is 24.3 Å². The first-order valence-corrected chi connectivity index (χ1v) is 13.2. The zero-order valence-electron chi connectivity index (χ0n) is 21.9. The molecule has 8 nitrogen and oxygen atoms in total. The average molecular weight is 512 g/mol. The Bertz CT molecular complexity index is 1430. The topological polar surface area (TPSA) is 83.6 Å². The Balaban J connectivity index is 1.30. The third kappa shape index (κ3) is 4.95. The van der Waals surface area contributed by atoms with Crippen molar-refractivity contribution in [3.8, 4) is 22.4 Å². The lowest BCUT2D eigenvalue weighted by atomic mass is 9.91. The van der Waals surface area contributed by atoms with Gasteiger partial charge >= 0.3 is 0 Å². The van der Waals surface area contributed by atoms with Crippen LogP contribution in [0.2, 0.25) is 0 Å². The number of rotatable bonds is 6. The second-order valence-corrected chi connectivity index (χ2v) is 10.4. The number of benzene rings is 2. The fraction of sp³-hybridized carbons (Fsp3) is 0.367. The van der Waals surface area contributed by atoms with E-state index >= 15 is 0 Å². The fourth-order valence-electron chi connectivity index (χ4n) is 5.46. The van der Waals surface area contributed by atoms with Gasteiger partial charge in [-0.2, -0.15) is 0 Å². The van der Waals surface area contributed by atoms with E-state index in [4.69, 9.17) is 9.47 Å². The molecular weight excluding hydrogens is 478 g/mol. The summed E-state index contributed by atoms with van der Waals surface area (Å²) in [6, 6.07) is 16.6. The van der Waals surface area contributed by atoms with Crippen LogP contribution in [-0.4, -0.2) is 84.5 Å². The maximum Gasteiger partial charge on any atom is 0.254 e. The Kier molecular flexibility index (Phi) is 6.93. The fourth-order valence-corrected chi connectivity index (χ4v) is 5.46. The number of aromatic amines is 1. The van der Waals surface area contributed by atoms with Gasteiger partial charge in [-0.15, -0.1) is 10.2 Å². The van der Waals surface area contributed by atoms with Crippen LogP contribution in [-0.2, 0) is 16.0 Å². The minimum Gasteiger partial charge on any atom is -0.381 e. The molecule has 1 N–H and O–H groups in total. The number of hydrogen-bond donors (Lipinski definition) is 1. The number of nitrogens with zero attached hydrogens (tertiary/aromatic N) is 4. The first-order valence-electron chi connectivity index (χ1n) is 13.2. The summed E-state index contributed by atoms with van der Waals surface area (Å²) in [5.41, 5.74) is 8.06. The van der Waals surface area contributed by atoms with Crippen LogP contribution < -0.4 is 0 Å². The van der Waals surface area contributed by atoms with Gasteiger partial charge in [0, 0.05) is 60.4 Å². The minimum atomic E-state index is 0.0491. The molecule has 2 saturated heterocycles. The molecule has 4 heterocycles. The largest absolute Gasteiger partial charge is 0.381 e. The van der Waals surface area contributed by atoms with Gasteiger partial charge in [-0.3, -0.25) is 4.79 Å². The molecule has 0 radical (unpaired) electrons. The lowest BCUT2D eigenvalue weighted by Gasteiger charge is -2.26. The lowest BCUT2D eigenvalue weighted by Crippen LogP contribution is -2.40. The SMILES string of the molecule is CN(C)Cc1cc(-c2cc3c(-c4ccc(C(=O)N5CCOCC5)cc4)c[nH]c3nn2)ccc1C1CCOC1. The molecule has 2 aromatic heterocycles. The molecule has 0 aliphatic carbocycles. The van der Waals surface area contributed by atoms with E-state index in [1.165, 1.54) is 11.1 Å². The molecule has 0 spiro atoms. The predicted octanol–water partition coefficient (Wildman–Crippen LogP) is 4.33. The van der Waals surface area contributed by atoms with Crippen LogP contribution in [0.4, 0.5) is 0 Å². The van der Waals surface area contributed by atoms with Gasteiger partial charge in [-0.05, 0) is 61.5 Å². The molecule has 4 aromatic rings. The quantitative estimate of drug-likeness (QED) is 0.415. The summed E-state index contributed by atoms with van der Waals surface area (Å²) in [6.45, 7) is 4.93. The summed E-state index contributed by atoms with van der Waals surface area (Å²) in [7, 11) is 4.19. The summed E-state index contributed by atoms with van der Waals surface area (Å²) >= 11 is 0. The predicted molar refractivity (Wildman–Crippen MR) is 147 cm³/mol. The third-order valence-electron chi connectivity index (χ3n) is 7.47. The van der Waals surface area contributed by atoms with Gasteiger partial charge in [0.05, 0.1) is 25.5 Å². The van der Waals surface area contributed by atoms with E-state index in [-0.39, 0.29) is 5.91 Å². The van der Waals surface area contributed by atoms with E-state index in [0.717, 1.165) is 59.6 Å². The molecule has 8 heteroatoms. The molecule has 196 valence electrons. The third-order valence-corrected chi connectivity index (χ3v) is 7.47. The lowest BCUT2D eigenvalue weighted by molar-refractivity contribution is 0.0303. The monoisotopic (exact) mass is 511 g/mol. The molecule has 0 bridgehead atoms. The molecule has 2 fully saturated rings. The second kappa shape index (κ2) is 10.6. The van der Waals surface area contributed by atoms with E-state index in [1.54, 1.807) is 0 Å². The van der Waals surface area contributed by atoms with Gasteiger partial charge in [0.2, 0.25) is 0 Å². The Morgan fingerprint density at radius 2 is 1.79 bits per heavy atom. The number of morpholine rings is 1. The maximum atomic E-state index is 12.8. The van der Waals surface area contributed by atoms with Gasteiger partial charge in [-0.25, -0.2) is 0 Å². The highest BCUT2D eigenvalue weighted by Crippen LogP contribution is 2.34. The van der Waals surface area contributed by atoms with Crippen LogP contribution >= 0.6 is 0 Å². The van der Waals surface area contributed by atoms with Crippen molar-refractivity contribution >= 4 is 16.9 Å². The Morgan fingerprint density at radius 1 is 1.00 bits per heavy atom. The minimum absolute atomic E-state index is 0.0491. The number of hydrogen-bond acceptors (Lipinski definition) is 6. The summed E-state index contributed by atoms with van der Waals surface area (Å²) in [5, 5.41) is 10.0. The molecule has 2 aliphatic heterocycles. The highest BCUT2D eigenvalue weighted by Gasteiger charge is 2.22. The maximum absolute atomic E-state index is 12.8. The van der Waals surface area contributed by atoms with Crippen molar-refractivity contribution in [2.75, 3.05) is 53.6 Å². The molecule has 2 aromatic carbocycles. The van der Waals surface area contributed by atoms with E-state index in [1.807, 2.05) is 35.4 Å². The zero-order chi connectivity index (χ0) is 26.1. The average Bonchev–Trinajstić information content (AvgIpc) is 3.63. The first kappa shape index (κ1) is 24.7. The zero-order valence-corrected chi connectivity index (χ0v) is 21.9. The van der Waals surface area contributed by atoms with Crippen LogP contribution in [0.1, 0.15) is 33.8 Å². The van der Waals surface area contributed by atoms with Crippen molar-refractivity contribution in [3.63, 3.8) is 0 Å². The van der Waals surface area contributed by atoms with Crippen molar-refractivity contribution in [1.29, 1.82) is 0 Å². The highest BCUT2D eigenvalue weighted by atomic mass is 16.5. The normalized spacial score (nSPS) is 18.0. The molecule has 1 atom stereocenters.